The molecule has 0 unspecified atom stereocenters. The average molecular weight is 637 g/mol. The van der Waals surface area contributed by atoms with E-state index in [0.29, 0.717) is 24.3 Å². The maximum Gasteiger partial charge on any atom is 0.217 e. The van der Waals surface area contributed by atoms with Gasteiger partial charge in [0.05, 0.1) is 0 Å². The zero-order valence-corrected chi connectivity index (χ0v) is 31.1. The number of carbonyl (C=O) groups excluding carboxylic acids is 2. The molecule has 46 heavy (non-hydrogen) atoms. The number of unbranched alkanes of at least 4 members (excludes halogenated alkanes) is 3. The highest BCUT2D eigenvalue weighted by molar-refractivity contribution is 5.74. The van der Waals surface area contributed by atoms with Gasteiger partial charge in [0.25, 0.3) is 0 Å². The number of hydrogen-bond donors (Lipinski definition) is 4. The zero-order valence-electron chi connectivity index (χ0n) is 31.1. The van der Waals surface area contributed by atoms with Crippen molar-refractivity contribution in [3.8, 4) is 11.5 Å². The minimum absolute atomic E-state index is 0.244. The first kappa shape index (κ1) is 39.2. The molecule has 0 atom stereocenters. The predicted molar refractivity (Wildman–Crippen MR) is 192 cm³/mol. The molecular formula is C40H64N2O4. The first-order chi connectivity index (χ1) is 20.9. The van der Waals surface area contributed by atoms with Gasteiger partial charge in [-0.3, -0.25) is 9.59 Å². The van der Waals surface area contributed by atoms with Gasteiger partial charge in [0, 0.05) is 24.0 Å². The first-order valence-electron chi connectivity index (χ1n) is 17.2. The zero-order chi connectivity index (χ0) is 35.4. The van der Waals surface area contributed by atoms with Gasteiger partial charge in [0.15, 0.2) is 0 Å². The van der Waals surface area contributed by atoms with E-state index in [1.165, 1.54) is 0 Å². The molecule has 0 radical (unpaired) electrons. The molecular weight excluding hydrogens is 572 g/mol. The first-order valence-corrected chi connectivity index (χ1v) is 17.2. The molecule has 0 bridgehead atoms. The number of rotatable bonds is 13. The molecule has 0 aliphatic carbocycles. The van der Waals surface area contributed by atoms with Crippen molar-refractivity contribution < 1.29 is 19.8 Å². The fourth-order valence-corrected chi connectivity index (χ4v) is 6.78. The number of primary amides is 2. The standard InChI is InChI=1S/C40H64N2O4/c1-37(2,3)29-23-25(19-21-31(41)43)27(33(35(29)45)39(7,8)9)17-15-13-14-16-18-28-26(20-22-32(42)44)24-30(38(4,5)6)36(46)34(28)40(10,11)12/h23-24,45-46H,13-22H2,1-12H3,(H2,41,43)(H2,42,44). The minimum atomic E-state index is -0.319. The van der Waals surface area contributed by atoms with Crippen molar-refractivity contribution in [1.82, 2.24) is 0 Å². The largest absolute Gasteiger partial charge is 0.507 e. The smallest absolute Gasteiger partial charge is 0.217 e. The molecule has 0 aliphatic rings. The Morgan fingerprint density at radius 3 is 1.07 bits per heavy atom. The SMILES string of the molecule is CC(C)(C)c1cc(CCC(N)=O)c(CCCCCCc2c(CCC(N)=O)cc(C(C)(C)C)c(O)c2C(C)(C)C)c(C(C)(C)C)c1O. The number of phenols is 2. The van der Waals surface area contributed by atoms with E-state index in [9.17, 15) is 19.8 Å². The normalized spacial score (nSPS) is 12.9. The third-order valence-corrected chi connectivity index (χ3v) is 9.00. The highest BCUT2D eigenvalue weighted by Gasteiger charge is 2.32. The van der Waals surface area contributed by atoms with Crippen LogP contribution in [0.15, 0.2) is 12.1 Å². The van der Waals surface area contributed by atoms with Crippen molar-refractivity contribution in [3.05, 3.63) is 56.6 Å². The second-order valence-corrected chi connectivity index (χ2v) is 17.4. The Labute approximate surface area is 279 Å². The van der Waals surface area contributed by atoms with Crippen LogP contribution >= 0.6 is 0 Å². The highest BCUT2D eigenvalue weighted by Crippen LogP contribution is 2.45. The van der Waals surface area contributed by atoms with Crippen LogP contribution in [0.4, 0.5) is 0 Å². The van der Waals surface area contributed by atoms with Crippen LogP contribution < -0.4 is 11.5 Å². The fourth-order valence-electron chi connectivity index (χ4n) is 6.78. The van der Waals surface area contributed by atoms with Crippen molar-refractivity contribution in [2.45, 2.75) is 169 Å². The summed E-state index contributed by atoms with van der Waals surface area (Å²) in [5.41, 5.74) is 18.4. The van der Waals surface area contributed by atoms with Crippen LogP contribution in [0, 0.1) is 0 Å². The topological polar surface area (TPSA) is 127 Å². The monoisotopic (exact) mass is 636 g/mol. The van der Waals surface area contributed by atoms with Crippen LogP contribution in [0.2, 0.25) is 0 Å². The summed E-state index contributed by atoms with van der Waals surface area (Å²) in [6.45, 7) is 25.5. The molecule has 2 amide bonds. The van der Waals surface area contributed by atoms with Crippen molar-refractivity contribution >= 4 is 11.8 Å². The van der Waals surface area contributed by atoms with Gasteiger partial charge in [-0.2, -0.15) is 0 Å². The molecule has 0 aliphatic heterocycles. The lowest BCUT2D eigenvalue weighted by Gasteiger charge is -2.32. The number of nitrogens with two attached hydrogens (primary N) is 2. The van der Waals surface area contributed by atoms with E-state index in [0.717, 1.165) is 83.0 Å². The quantitative estimate of drug-likeness (QED) is 0.165. The van der Waals surface area contributed by atoms with Crippen LogP contribution in [0.5, 0.6) is 11.5 Å². The second kappa shape index (κ2) is 14.8. The van der Waals surface area contributed by atoms with Crippen LogP contribution in [0.3, 0.4) is 0 Å². The van der Waals surface area contributed by atoms with E-state index in [2.05, 4.69) is 95.2 Å². The molecule has 0 saturated heterocycles. The van der Waals surface area contributed by atoms with Crippen LogP contribution in [0.25, 0.3) is 0 Å². The van der Waals surface area contributed by atoms with E-state index in [4.69, 9.17) is 11.5 Å². The molecule has 0 spiro atoms. The molecule has 0 aromatic heterocycles. The summed E-state index contributed by atoms with van der Waals surface area (Å²) < 4.78 is 0. The molecule has 6 N–H and O–H groups in total. The summed E-state index contributed by atoms with van der Waals surface area (Å²) in [6.07, 6.45) is 7.24. The lowest BCUT2D eigenvalue weighted by molar-refractivity contribution is -0.118. The summed E-state index contributed by atoms with van der Waals surface area (Å²) in [6, 6.07) is 4.19. The summed E-state index contributed by atoms with van der Waals surface area (Å²) in [4.78, 5) is 23.5. The fraction of sp³-hybridized carbons (Fsp3) is 0.650. The Morgan fingerprint density at radius 2 is 0.826 bits per heavy atom. The van der Waals surface area contributed by atoms with E-state index in [-0.39, 0.29) is 46.3 Å². The van der Waals surface area contributed by atoms with Gasteiger partial charge < -0.3 is 21.7 Å². The minimum Gasteiger partial charge on any atom is -0.507 e. The molecule has 2 rings (SSSR count). The lowest BCUT2D eigenvalue weighted by atomic mass is 9.74. The number of aromatic hydroxyl groups is 2. The van der Waals surface area contributed by atoms with Crippen LogP contribution in [-0.2, 0) is 56.9 Å². The Balaban J connectivity index is 2.37. The Kier molecular flexibility index (Phi) is 12.6. The molecule has 6 nitrogen and oxygen atoms in total. The third-order valence-electron chi connectivity index (χ3n) is 9.00. The highest BCUT2D eigenvalue weighted by atomic mass is 16.3. The van der Waals surface area contributed by atoms with Gasteiger partial charge in [-0.25, -0.2) is 0 Å². The van der Waals surface area contributed by atoms with Gasteiger partial charge in [-0.05, 0) is 93.6 Å². The summed E-state index contributed by atoms with van der Waals surface area (Å²) in [5, 5.41) is 23.1. The number of phenolic OH excluding ortho intramolecular Hbond substituents is 2. The second-order valence-electron chi connectivity index (χ2n) is 17.4. The van der Waals surface area contributed by atoms with Crippen molar-refractivity contribution in [2.75, 3.05) is 0 Å². The number of aryl methyl sites for hydroxylation is 2. The van der Waals surface area contributed by atoms with Gasteiger partial charge in [0.1, 0.15) is 11.5 Å². The average Bonchev–Trinajstić information content (AvgIpc) is 2.86. The van der Waals surface area contributed by atoms with Crippen molar-refractivity contribution in [1.29, 1.82) is 0 Å². The molecule has 0 fully saturated rings. The summed E-state index contributed by atoms with van der Waals surface area (Å²) in [5.74, 6) is 0.101. The maximum atomic E-state index is 11.8. The Morgan fingerprint density at radius 1 is 0.522 bits per heavy atom. The van der Waals surface area contributed by atoms with E-state index in [1.807, 2.05) is 0 Å². The molecule has 0 saturated carbocycles. The van der Waals surface area contributed by atoms with Gasteiger partial charge in [0.2, 0.25) is 11.8 Å². The molecule has 6 heteroatoms. The summed E-state index contributed by atoms with van der Waals surface area (Å²) in [7, 11) is 0. The lowest BCUT2D eigenvalue weighted by Crippen LogP contribution is -2.22. The van der Waals surface area contributed by atoms with Gasteiger partial charge in [-0.15, -0.1) is 0 Å². The van der Waals surface area contributed by atoms with E-state index >= 15 is 0 Å². The molecule has 2 aromatic rings. The van der Waals surface area contributed by atoms with Crippen molar-refractivity contribution in [3.63, 3.8) is 0 Å². The van der Waals surface area contributed by atoms with E-state index in [1.54, 1.807) is 0 Å². The number of hydrogen-bond acceptors (Lipinski definition) is 4. The molecule has 258 valence electrons. The Hall–Kier alpha value is -3.02. The molecule has 0 heterocycles. The van der Waals surface area contributed by atoms with E-state index < -0.39 is 0 Å². The van der Waals surface area contributed by atoms with Crippen LogP contribution in [0.1, 0.15) is 166 Å². The molecule has 2 aromatic carbocycles. The van der Waals surface area contributed by atoms with Gasteiger partial charge in [-0.1, -0.05) is 108 Å². The summed E-state index contributed by atoms with van der Waals surface area (Å²) >= 11 is 0. The number of carbonyl (C=O) groups is 2. The van der Waals surface area contributed by atoms with Crippen LogP contribution in [-0.4, -0.2) is 22.0 Å². The number of benzene rings is 2. The predicted octanol–water partition coefficient (Wildman–Crippen LogP) is 8.47. The van der Waals surface area contributed by atoms with Gasteiger partial charge >= 0.3 is 0 Å². The number of amides is 2. The Bertz CT molecular complexity index is 1290. The third kappa shape index (κ3) is 10.2. The maximum absolute atomic E-state index is 11.8. The van der Waals surface area contributed by atoms with Crippen molar-refractivity contribution in [2.24, 2.45) is 11.5 Å².